The third kappa shape index (κ3) is 3.08. The largest absolute Gasteiger partial charge is 0.497 e. The van der Waals surface area contributed by atoms with Gasteiger partial charge in [0, 0.05) is 18.3 Å². The molecule has 0 bridgehead atoms. The van der Waals surface area contributed by atoms with Gasteiger partial charge in [-0.3, -0.25) is 9.59 Å². The van der Waals surface area contributed by atoms with Crippen LogP contribution >= 0.6 is 0 Å². The smallest absolute Gasteiger partial charge is 0.282 e. The number of carbonyl (C=O) groups is 2. The van der Waals surface area contributed by atoms with Crippen LogP contribution in [0.2, 0.25) is 0 Å². The number of anilines is 2. The van der Waals surface area contributed by atoms with Crippen LogP contribution in [-0.4, -0.2) is 25.5 Å². The normalized spacial score (nSPS) is 15.7. The van der Waals surface area contributed by atoms with Gasteiger partial charge in [0.05, 0.1) is 18.4 Å². The lowest BCUT2D eigenvalue weighted by molar-refractivity contribution is -0.120. The minimum absolute atomic E-state index is 0.268. The molecule has 6 heteroatoms. The van der Waals surface area contributed by atoms with Gasteiger partial charge >= 0.3 is 0 Å². The number of nitrogens with zero attached hydrogens (tertiary/aromatic N) is 2. The van der Waals surface area contributed by atoms with Crippen molar-refractivity contribution in [3.8, 4) is 5.75 Å². The Labute approximate surface area is 179 Å². The Morgan fingerprint density at radius 3 is 2.45 bits per heavy atom. The van der Waals surface area contributed by atoms with Crippen molar-refractivity contribution in [2.75, 3.05) is 23.5 Å². The van der Waals surface area contributed by atoms with Crippen molar-refractivity contribution >= 4 is 28.8 Å². The number of benzene rings is 3. The van der Waals surface area contributed by atoms with E-state index in [1.807, 2.05) is 29.2 Å². The molecular weight excluding hydrogens is 395 g/mol. The summed E-state index contributed by atoms with van der Waals surface area (Å²) in [5.41, 5.74) is 3.54. The first kappa shape index (κ1) is 19.1. The monoisotopic (exact) mass is 414 g/mol. The van der Waals surface area contributed by atoms with Crippen molar-refractivity contribution in [1.29, 1.82) is 0 Å². The van der Waals surface area contributed by atoms with Gasteiger partial charge in [-0.25, -0.2) is 9.29 Å². The van der Waals surface area contributed by atoms with Crippen LogP contribution in [0.4, 0.5) is 15.8 Å². The van der Waals surface area contributed by atoms with Crippen molar-refractivity contribution in [1.82, 2.24) is 0 Å². The Balaban J connectivity index is 1.68. The van der Waals surface area contributed by atoms with Gasteiger partial charge in [-0.15, -0.1) is 0 Å². The summed E-state index contributed by atoms with van der Waals surface area (Å²) in [7, 11) is 1.53. The topological polar surface area (TPSA) is 49.9 Å². The van der Waals surface area contributed by atoms with E-state index in [1.165, 1.54) is 31.4 Å². The predicted molar refractivity (Wildman–Crippen MR) is 116 cm³/mol. The summed E-state index contributed by atoms with van der Waals surface area (Å²) in [6.45, 7) is 0.588. The van der Waals surface area contributed by atoms with Crippen LogP contribution in [-0.2, 0) is 16.0 Å². The van der Waals surface area contributed by atoms with Crippen LogP contribution in [0.3, 0.4) is 0 Å². The fourth-order valence-electron chi connectivity index (χ4n) is 4.20. The molecule has 0 spiro atoms. The first-order valence-electron chi connectivity index (χ1n) is 9.97. The maximum absolute atomic E-state index is 13.7. The second kappa shape index (κ2) is 7.40. The molecule has 3 aromatic carbocycles. The summed E-state index contributed by atoms with van der Waals surface area (Å²) in [4.78, 5) is 30.3. The molecule has 2 aliphatic heterocycles. The highest BCUT2D eigenvalue weighted by Crippen LogP contribution is 2.40. The number of rotatable bonds is 4. The maximum Gasteiger partial charge on any atom is 0.282 e. The molecular formula is C25H19FN2O3. The van der Waals surface area contributed by atoms with Gasteiger partial charge in [-0.05, 0) is 47.9 Å². The molecule has 2 amide bonds. The molecule has 3 aromatic rings. The summed E-state index contributed by atoms with van der Waals surface area (Å²) in [5.74, 6) is -0.709. The predicted octanol–water partition coefficient (Wildman–Crippen LogP) is 4.18. The van der Waals surface area contributed by atoms with Crippen LogP contribution in [0.1, 0.15) is 11.1 Å². The van der Waals surface area contributed by atoms with E-state index < -0.39 is 17.6 Å². The Bertz CT molecular complexity index is 1230. The number of fused-ring (bicyclic) bond motifs is 1. The van der Waals surface area contributed by atoms with E-state index in [2.05, 4.69) is 0 Å². The summed E-state index contributed by atoms with van der Waals surface area (Å²) in [6, 6.07) is 20.3. The molecule has 0 N–H and O–H groups in total. The third-order valence-electron chi connectivity index (χ3n) is 5.66. The number of para-hydroxylation sites is 1. The number of ether oxygens (including phenoxy) is 1. The molecule has 0 saturated carbocycles. The van der Waals surface area contributed by atoms with Crippen LogP contribution in [0.15, 0.2) is 78.5 Å². The lowest BCUT2D eigenvalue weighted by atomic mass is 10.0. The van der Waals surface area contributed by atoms with Crippen LogP contribution in [0.25, 0.3) is 5.57 Å². The molecule has 0 unspecified atom stereocenters. The molecule has 0 fully saturated rings. The summed E-state index contributed by atoms with van der Waals surface area (Å²) in [6.07, 6.45) is 0.775. The molecule has 31 heavy (non-hydrogen) atoms. The standard InChI is InChI=1S/C25H19FN2O3/c1-31-20-7-4-6-19(15-20)28-24(29)22(17-9-11-18(26)12-10-17)23(25(28)30)27-14-13-16-5-2-3-8-21(16)27/h2-12,15H,13-14H2,1H3. The minimum atomic E-state index is -0.441. The van der Waals surface area contributed by atoms with E-state index in [4.69, 9.17) is 4.74 Å². The lowest BCUT2D eigenvalue weighted by Crippen LogP contribution is -2.34. The number of carbonyl (C=O) groups excluding carboxylic acids is 2. The van der Waals surface area contributed by atoms with E-state index in [0.29, 0.717) is 29.2 Å². The molecule has 0 aromatic heterocycles. The highest BCUT2D eigenvalue weighted by atomic mass is 19.1. The van der Waals surface area contributed by atoms with Gasteiger partial charge in [0.25, 0.3) is 11.8 Å². The van der Waals surface area contributed by atoms with Gasteiger partial charge in [0.1, 0.15) is 17.3 Å². The lowest BCUT2D eigenvalue weighted by Gasteiger charge is -2.22. The van der Waals surface area contributed by atoms with E-state index in [9.17, 15) is 14.0 Å². The van der Waals surface area contributed by atoms with Crippen molar-refractivity contribution < 1.29 is 18.7 Å². The number of halogens is 1. The Hall–Kier alpha value is -3.93. The first-order valence-corrected chi connectivity index (χ1v) is 9.97. The van der Waals surface area contributed by atoms with Gasteiger partial charge < -0.3 is 9.64 Å². The summed E-state index contributed by atoms with van der Waals surface area (Å²) >= 11 is 0. The first-order chi connectivity index (χ1) is 15.1. The van der Waals surface area contributed by atoms with Crippen molar-refractivity contribution in [2.45, 2.75) is 6.42 Å². The van der Waals surface area contributed by atoms with E-state index >= 15 is 0 Å². The summed E-state index contributed by atoms with van der Waals surface area (Å²) in [5, 5.41) is 0. The second-order valence-electron chi connectivity index (χ2n) is 7.41. The van der Waals surface area contributed by atoms with Crippen LogP contribution in [0, 0.1) is 5.82 Å². The number of imide groups is 1. The number of methoxy groups -OCH3 is 1. The van der Waals surface area contributed by atoms with Crippen molar-refractivity contribution in [3.63, 3.8) is 0 Å². The van der Waals surface area contributed by atoms with Gasteiger partial charge in [0.2, 0.25) is 0 Å². The second-order valence-corrected chi connectivity index (χ2v) is 7.41. The maximum atomic E-state index is 13.7. The highest BCUT2D eigenvalue weighted by molar-refractivity contribution is 6.46. The fourth-order valence-corrected chi connectivity index (χ4v) is 4.20. The minimum Gasteiger partial charge on any atom is -0.497 e. The number of hydrogen-bond acceptors (Lipinski definition) is 4. The average molecular weight is 414 g/mol. The van der Waals surface area contributed by atoms with Crippen molar-refractivity contribution in [2.24, 2.45) is 0 Å². The molecule has 0 aliphatic carbocycles. The van der Waals surface area contributed by atoms with Gasteiger partial charge in [-0.1, -0.05) is 36.4 Å². The SMILES string of the molecule is COc1cccc(N2C(=O)C(c3ccc(F)cc3)=C(N3CCc4ccccc43)C2=O)c1. The van der Waals surface area contributed by atoms with E-state index in [1.54, 1.807) is 24.3 Å². The quantitative estimate of drug-likeness (QED) is 0.601. The molecule has 5 rings (SSSR count). The Morgan fingerprint density at radius 1 is 0.903 bits per heavy atom. The van der Waals surface area contributed by atoms with E-state index in [-0.39, 0.29) is 5.57 Å². The van der Waals surface area contributed by atoms with Crippen LogP contribution in [0.5, 0.6) is 5.75 Å². The zero-order valence-corrected chi connectivity index (χ0v) is 16.8. The third-order valence-corrected chi connectivity index (χ3v) is 5.66. The number of hydrogen-bond donors (Lipinski definition) is 0. The number of amides is 2. The molecule has 154 valence electrons. The summed E-state index contributed by atoms with van der Waals surface area (Å²) < 4.78 is 18.8. The van der Waals surface area contributed by atoms with Gasteiger partial charge in [0.15, 0.2) is 0 Å². The Kier molecular flexibility index (Phi) is 4.55. The molecule has 2 aliphatic rings. The molecule has 5 nitrogen and oxygen atoms in total. The molecule has 0 radical (unpaired) electrons. The average Bonchev–Trinajstić information content (AvgIpc) is 3.32. The fraction of sp³-hybridized carbons (Fsp3) is 0.120. The van der Waals surface area contributed by atoms with Crippen LogP contribution < -0.4 is 14.5 Å². The molecule has 0 saturated heterocycles. The highest BCUT2D eigenvalue weighted by Gasteiger charge is 2.44. The zero-order valence-electron chi connectivity index (χ0n) is 16.8. The zero-order chi connectivity index (χ0) is 21.5. The van der Waals surface area contributed by atoms with Gasteiger partial charge in [-0.2, -0.15) is 0 Å². The Morgan fingerprint density at radius 2 is 1.68 bits per heavy atom. The molecule has 2 heterocycles. The van der Waals surface area contributed by atoms with E-state index in [0.717, 1.165) is 22.6 Å². The van der Waals surface area contributed by atoms with Crippen molar-refractivity contribution in [3.05, 3.63) is 95.4 Å². The molecule has 0 atom stereocenters.